The van der Waals surface area contributed by atoms with Gasteiger partial charge in [-0.25, -0.2) is 12.7 Å². The molecule has 0 radical (unpaired) electrons. The Balaban J connectivity index is 1.57. The molecule has 25 heavy (non-hydrogen) atoms. The number of aromatic nitrogens is 1. The first-order valence-corrected chi connectivity index (χ1v) is 10.6. The molecule has 0 unspecified atom stereocenters. The summed E-state index contributed by atoms with van der Waals surface area (Å²) in [6.45, 7) is 3.55. The van der Waals surface area contributed by atoms with Gasteiger partial charge in [-0.2, -0.15) is 0 Å². The maximum absolute atomic E-state index is 12.7. The van der Waals surface area contributed by atoms with Crippen molar-refractivity contribution in [2.45, 2.75) is 39.2 Å². The number of unbranched alkanes of at least 4 members (excludes halogenated alkanes) is 1. The van der Waals surface area contributed by atoms with Crippen LogP contribution in [0.4, 0.5) is 0 Å². The highest BCUT2D eigenvalue weighted by atomic mass is 32.2. The minimum absolute atomic E-state index is 0.0485. The molecular weight excluding hydrogens is 338 g/mol. The Labute approximate surface area is 150 Å². The molecule has 2 atom stereocenters. The van der Waals surface area contributed by atoms with E-state index < -0.39 is 10.0 Å². The van der Waals surface area contributed by atoms with Crippen LogP contribution in [0.3, 0.4) is 0 Å². The van der Waals surface area contributed by atoms with Gasteiger partial charge in [-0.15, -0.1) is 0 Å². The van der Waals surface area contributed by atoms with Gasteiger partial charge < -0.3 is 4.90 Å². The molecule has 1 aromatic heterocycles. The van der Waals surface area contributed by atoms with Crippen molar-refractivity contribution in [2.24, 2.45) is 11.3 Å². The third-order valence-corrected chi connectivity index (χ3v) is 7.39. The highest BCUT2D eigenvalue weighted by Crippen LogP contribution is 2.59. The van der Waals surface area contributed by atoms with E-state index in [-0.39, 0.29) is 23.0 Å². The highest BCUT2D eigenvalue weighted by Gasteiger charge is 2.62. The normalized spacial score (nSPS) is 26.1. The van der Waals surface area contributed by atoms with Crippen LogP contribution in [-0.4, -0.2) is 54.4 Å². The van der Waals surface area contributed by atoms with Gasteiger partial charge in [0.15, 0.2) is 0 Å². The fraction of sp³-hybridized carbons (Fsp3) is 0.667. The summed E-state index contributed by atoms with van der Waals surface area (Å²) >= 11 is 0. The number of amides is 1. The summed E-state index contributed by atoms with van der Waals surface area (Å²) in [5.41, 5.74) is 0.734. The minimum atomic E-state index is -3.17. The van der Waals surface area contributed by atoms with Crippen LogP contribution in [0.15, 0.2) is 24.4 Å². The van der Waals surface area contributed by atoms with E-state index in [4.69, 9.17) is 0 Å². The lowest BCUT2D eigenvalue weighted by atomic mass is 10.0. The molecule has 2 fully saturated rings. The van der Waals surface area contributed by atoms with Crippen LogP contribution in [0.25, 0.3) is 0 Å². The molecule has 3 rings (SSSR count). The van der Waals surface area contributed by atoms with E-state index >= 15 is 0 Å². The maximum Gasteiger partial charge on any atom is 0.226 e. The standard InChI is InChI=1S/C18H27N3O3S/c1-3-4-11-25(23,24)21-10-8-18(14-21)12-16(18)17(22)20(2)13-15-7-5-6-9-19-15/h5-7,9,16H,3-4,8,10-14H2,1-2H3/t16-,18-/m1/s1. The number of nitrogens with zero attached hydrogens (tertiary/aromatic N) is 3. The first-order valence-electron chi connectivity index (χ1n) is 9.01. The Morgan fingerprint density at radius 2 is 2.24 bits per heavy atom. The Morgan fingerprint density at radius 1 is 1.44 bits per heavy atom. The average Bonchev–Trinajstić information content (AvgIpc) is 3.11. The summed E-state index contributed by atoms with van der Waals surface area (Å²) in [4.78, 5) is 18.7. The number of sulfonamides is 1. The fourth-order valence-electron chi connectivity index (χ4n) is 3.78. The van der Waals surface area contributed by atoms with Gasteiger partial charge in [-0.05, 0) is 36.8 Å². The van der Waals surface area contributed by atoms with Gasteiger partial charge in [-0.1, -0.05) is 19.4 Å². The molecule has 0 aromatic carbocycles. The number of hydrogen-bond acceptors (Lipinski definition) is 4. The quantitative estimate of drug-likeness (QED) is 0.740. The molecule has 1 saturated carbocycles. The largest absolute Gasteiger partial charge is 0.340 e. The molecule has 0 N–H and O–H groups in total. The van der Waals surface area contributed by atoms with Crippen molar-refractivity contribution in [1.29, 1.82) is 0 Å². The van der Waals surface area contributed by atoms with E-state index in [0.29, 0.717) is 26.1 Å². The van der Waals surface area contributed by atoms with Crippen LogP contribution in [-0.2, 0) is 21.4 Å². The van der Waals surface area contributed by atoms with E-state index in [1.54, 1.807) is 22.4 Å². The van der Waals surface area contributed by atoms with E-state index in [9.17, 15) is 13.2 Å². The van der Waals surface area contributed by atoms with Crippen LogP contribution < -0.4 is 0 Å². The Kier molecular flexibility index (Phi) is 5.16. The summed E-state index contributed by atoms with van der Waals surface area (Å²) in [6, 6.07) is 5.67. The van der Waals surface area contributed by atoms with Gasteiger partial charge in [0.1, 0.15) is 0 Å². The predicted octanol–water partition coefficient (Wildman–Crippen LogP) is 1.88. The molecule has 138 valence electrons. The van der Waals surface area contributed by atoms with Crippen LogP contribution in [0.2, 0.25) is 0 Å². The maximum atomic E-state index is 12.7. The Morgan fingerprint density at radius 3 is 2.92 bits per heavy atom. The first kappa shape index (κ1) is 18.3. The molecule has 0 bridgehead atoms. The summed E-state index contributed by atoms with van der Waals surface area (Å²) in [6.07, 6.45) is 4.89. The molecule has 6 nitrogen and oxygen atoms in total. The second-order valence-corrected chi connectivity index (χ2v) is 9.48. The van der Waals surface area contributed by atoms with Crippen molar-refractivity contribution in [1.82, 2.24) is 14.2 Å². The Bertz CT molecular complexity index is 722. The SMILES string of the molecule is CCCCS(=O)(=O)N1CC[C@@]2(C[C@@H]2C(=O)N(C)Cc2ccccn2)C1. The van der Waals surface area contributed by atoms with Crippen LogP contribution >= 0.6 is 0 Å². The second kappa shape index (κ2) is 7.03. The smallest absolute Gasteiger partial charge is 0.226 e. The van der Waals surface area contributed by atoms with Gasteiger partial charge in [0, 0.05) is 32.3 Å². The number of carbonyl (C=O) groups excluding carboxylic acids is 1. The van der Waals surface area contributed by atoms with Crippen molar-refractivity contribution in [3.8, 4) is 0 Å². The lowest BCUT2D eigenvalue weighted by molar-refractivity contribution is -0.132. The zero-order valence-corrected chi connectivity index (χ0v) is 15.8. The summed E-state index contributed by atoms with van der Waals surface area (Å²) in [5.74, 6) is 0.281. The zero-order chi connectivity index (χ0) is 18.1. The van der Waals surface area contributed by atoms with E-state index in [1.807, 2.05) is 25.1 Å². The first-order chi connectivity index (χ1) is 11.9. The highest BCUT2D eigenvalue weighted by molar-refractivity contribution is 7.89. The summed E-state index contributed by atoms with van der Waals surface area (Å²) < 4.78 is 26.4. The summed E-state index contributed by atoms with van der Waals surface area (Å²) in [5, 5.41) is 0. The van der Waals surface area contributed by atoms with Crippen molar-refractivity contribution < 1.29 is 13.2 Å². The van der Waals surface area contributed by atoms with Gasteiger partial charge in [0.25, 0.3) is 0 Å². The van der Waals surface area contributed by atoms with E-state index in [2.05, 4.69) is 4.98 Å². The van der Waals surface area contributed by atoms with Crippen molar-refractivity contribution >= 4 is 15.9 Å². The third kappa shape index (κ3) is 3.87. The third-order valence-electron chi connectivity index (χ3n) is 5.49. The predicted molar refractivity (Wildman–Crippen MR) is 96.1 cm³/mol. The van der Waals surface area contributed by atoms with Crippen LogP contribution in [0, 0.1) is 11.3 Å². The topological polar surface area (TPSA) is 70.6 Å². The molecule has 1 aliphatic heterocycles. The van der Waals surface area contributed by atoms with Gasteiger partial charge >= 0.3 is 0 Å². The molecule has 1 saturated heterocycles. The molecular formula is C18H27N3O3S. The van der Waals surface area contributed by atoms with Gasteiger partial charge in [0.05, 0.1) is 18.0 Å². The molecule has 1 spiro atoms. The van der Waals surface area contributed by atoms with Crippen molar-refractivity contribution in [3.63, 3.8) is 0 Å². The molecule has 2 aliphatic rings. The molecule has 7 heteroatoms. The molecule has 1 aromatic rings. The van der Waals surface area contributed by atoms with Crippen LogP contribution in [0.1, 0.15) is 38.3 Å². The number of hydrogen-bond donors (Lipinski definition) is 0. The fourth-order valence-corrected chi connectivity index (χ4v) is 5.51. The molecule has 1 aliphatic carbocycles. The van der Waals surface area contributed by atoms with Gasteiger partial charge in [0.2, 0.25) is 15.9 Å². The lowest BCUT2D eigenvalue weighted by Gasteiger charge is -2.19. The Hall–Kier alpha value is -1.47. The molecule has 2 heterocycles. The monoisotopic (exact) mass is 365 g/mol. The molecule has 1 amide bonds. The number of pyridine rings is 1. The lowest BCUT2D eigenvalue weighted by Crippen LogP contribution is -2.33. The zero-order valence-electron chi connectivity index (χ0n) is 15.0. The van der Waals surface area contributed by atoms with E-state index in [0.717, 1.165) is 25.0 Å². The van der Waals surface area contributed by atoms with Gasteiger partial charge in [-0.3, -0.25) is 9.78 Å². The average molecular weight is 365 g/mol. The summed E-state index contributed by atoms with van der Waals surface area (Å²) in [7, 11) is -1.37. The minimum Gasteiger partial charge on any atom is -0.340 e. The second-order valence-electron chi connectivity index (χ2n) is 7.39. The van der Waals surface area contributed by atoms with E-state index in [1.165, 1.54) is 0 Å². The van der Waals surface area contributed by atoms with Crippen molar-refractivity contribution in [2.75, 3.05) is 25.9 Å². The number of carbonyl (C=O) groups is 1. The van der Waals surface area contributed by atoms with Crippen LogP contribution in [0.5, 0.6) is 0 Å². The van der Waals surface area contributed by atoms with Crippen molar-refractivity contribution in [3.05, 3.63) is 30.1 Å². The number of rotatable bonds is 7.